The van der Waals surface area contributed by atoms with Crippen LogP contribution in [-0.2, 0) is 4.74 Å². The Bertz CT molecular complexity index is 129. The van der Waals surface area contributed by atoms with Crippen molar-refractivity contribution in [2.45, 2.75) is 13.8 Å². The van der Waals surface area contributed by atoms with Gasteiger partial charge < -0.3 is 9.64 Å². The van der Waals surface area contributed by atoms with Crippen LogP contribution in [0.2, 0.25) is 0 Å². The molecule has 0 N–H and O–H groups in total. The van der Waals surface area contributed by atoms with E-state index in [1.54, 1.807) is 6.26 Å². The predicted molar refractivity (Wildman–Crippen MR) is 43.3 cm³/mol. The van der Waals surface area contributed by atoms with Crippen molar-refractivity contribution in [3.8, 4) is 0 Å². The van der Waals surface area contributed by atoms with E-state index in [1.165, 1.54) is 0 Å². The van der Waals surface area contributed by atoms with E-state index < -0.39 is 0 Å². The fourth-order valence-corrected chi connectivity index (χ4v) is 0.358. The minimum Gasteiger partial charge on any atom is -0.500 e. The topological polar surface area (TPSA) is 12.5 Å². The lowest BCUT2D eigenvalue weighted by molar-refractivity contribution is 0.263. The van der Waals surface area contributed by atoms with Gasteiger partial charge in [0.15, 0.2) is 0 Å². The molecule has 0 aliphatic rings. The number of rotatable bonds is 4. The lowest BCUT2D eigenvalue weighted by Crippen LogP contribution is -2.05. The van der Waals surface area contributed by atoms with Crippen LogP contribution in [0.15, 0.2) is 24.7 Å². The smallest absolute Gasteiger partial charge is 0.0990 e. The van der Waals surface area contributed by atoms with Gasteiger partial charge in [-0.05, 0) is 13.8 Å². The van der Waals surface area contributed by atoms with E-state index in [0.29, 0.717) is 6.61 Å². The average Bonchev–Trinajstić information content (AvgIpc) is 1.88. The fraction of sp³-hybridized carbons (Fsp3) is 0.500. The standard InChI is InChI=1S/C8H15NO/c1-5-10-7-6-9(4)8(2)3/h6-7H,2,5H2,1,3-4H3/b7-6-. The molecule has 0 aliphatic carbocycles. The molecule has 0 unspecified atom stereocenters. The molecule has 0 aliphatic heterocycles. The number of ether oxygens (including phenoxy) is 1. The molecule has 0 saturated carbocycles. The molecule has 0 rings (SSSR count). The van der Waals surface area contributed by atoms with Crippen LogP contribution in [0.25, 0.3) is 0 Å². The first kappa shape index (κ1) is 9.08. The Kier molecular flexibility index (Phi) is 4.46. The number of hydrogen-bond donors (Lipinski definition) is 0. The van der Waals surface area contributed by atoms with Crippen molar-refractivity contribution in [1.29, 1.82) is 0 Å². The normalized spacial score (nSPS) is 9.90. The summed E-state index contributed by atoms with van der Waals surface area (Å²) in [5.74, 6) is 0. The van der Waals surface area contributed by atoms with Gasteiger partial charge in [-0.3, -0.25) is 0 Å². The van der Waals surface area contributed by atoms with Crippen molar-refractivity contribution in [2.24, 2.45) is 0 Å². The van der Waals surface area contributed by atoms with Gasteiger partial charge in [0.05, 0.1) is 12.9 Å². The van der Waals surface area contributed by atoms with Crippen LogP contribution < -0.4 is 0 Å². The number of allylic oxidation sites excluding steroid dienone is 1. The summed E-state index contributed by atoms with van der Waals surface area (Å²) in [5, 5.41) is 0. The van der Waals surface area contributed by atoms with Crippen LogP contribution in [0, 0.1) is 0 Å². The summed E-state index contributed by atoms with van der Waals surface area (Å²) in [4.78, 5) is 1.90. The molecule has 0 aromatic carbocycles. The molecule has 0 saturated heterocycles. The van der Waals surface area contributed by atoms with E-state index in [2.05, 4.69) is 6.58 Å². The molecule has 0 aromatic heterocycles. The predicted octanol–water partition coefficient (Wildman–Crippen LogP) is 1.96. The molecular weight excluding hydrogens is 126 g/mol. The van der Waals surface area contributed by atoms with E-state index in [4.69, 9.17) is 4.74 Å². The molecule has 0 fully saturated rings. The van der Waals surface area contributed by atoms with Crippen LogP contribution in [0.5, 0.6) is 0 Å². The zero-order valence-electron chi connectivity index (χ0n) is 6.92. The average molecular weight is 141 g/mol. The van der Waals surface area contributed by atoms with Gasteiger partial charge in [-0.2, -0.15) is 0 Å². The van der Waals surface area contributed by atoms with Crippen molar-refractivity contribution in [2.75, 3.05) is 13.7 Å². The van der Waals surface area contributed by atoms with E-state index in [-0.39, 0.29) is 0 Å². The van der Waals surface area contributed by atoms with E-state index in [1.807, 2.05) is 32.0 Å². The van der Waals surface area contributed by atoms with E-state index >= 15 is 0 Å². The summed E-state index contributed by atoms with van der Waals surface area (Å²) in [6.45, 7) is 8.35. The molecule has 0 heterocycles. The Morgan fingerprint density at radius 3 is 2.70 bits per heavy atom. The Morgan fingerprint density at radius 1 is 1.70 bits per heavy atom. The monoisotopic (exact) mass is 141 g/mol. The second-order valence-electron chi connectivity index (χ2n) is 2.09. The molecule has 0 aromatic rings. The SMILES string of the molecule is C=C(C)N(C)/C=C\OCC. The highest BCUT2D eigenvalue weighted by Crippen LogP contribution is 1.95. The van der Waals surface area contributed by atoms with Crippen molar-refractivity contribution < 1.29 is 4.74 Å². The minimum atomic E-state index is 0.709. The fourth-order valence-electron chi connectivity index (χ4n) is 0.358. The lowest BCUT2D eigenvalue weighted by atomic mass is 10.5. The van der Waals surface area contributed by atoms with Crippen LogP contribution in [0.4, 0.5) is 0 Å². The molecule has 0 radical (unpaired) electrons. The highest BCUT2D eigenvalue weighted by Gasteiger charge is 1.86. The first-order chi connectivity index (χ1) is 4.68. The van der Waals surface area contributed by atoms with Crippen molar-refractivity contribution in [1.82, 2.24) is 4.90 Å². The molecule has 0 atom stereocenters. The quantitative estimate of drug-likeness (QED) is 0.555. The van der Waals surface area contributed by atoms with Crippen molar-refractivity contribution in [3.63, 3.8) is 0 Å². The van der Waals surface area contributed by atoms with Crippen LogP contribution in [0.1, 0.15) is 13.8 Å². The summed E-state index contributed by atoms with van der Waals surface area (Å²) in [7, 11) is 1.93. The van der Waals surface area contributed by atoms with Crippen LogP contribution in [0.3, 0.4) is 0 Å². The first-order valence-corrected chi connectivity index (χ1v) is 3.35. The molecular formula is C8H15NO. The minimum absolute atomic E-state index is 0.709. The summed E-state index contributed by atoms with van der Waals surface area (Å²) >= 11 is 0. The second-order valence-corrected chi connectivity index (χ2v) is 2.09. The van der Waals surface area contributed by atoms with Gasteiger partial charge in [-0.25, -0.2) is 0 Å². The highest BCUT2D eigenvalue weighted by atomic mass is 16.5. The third kappa shape index (κ3) is 4.01. The summed E-state index contributed by atoms with van der Waals surface area (Å²) in [6.07, 6.45) is 3.50. The zero-order chi connectivity index (χ0) is 7.98. The van der Waals surface area contributed by atoms with Gasteiger partial charge >= 0.3 is 0 Å². The molecule has 2 nitrogen and oxygen atoms in total. The van der Waals surface area contributed by atoms with Gasteiger partial charge in [-0.15, -0.1) is 0 Å². The molecule has 58 valence electrons. The second kappa shape index (κ2) is 4.91. The van der Waals surface area contributed by atoms with Gasteiger partial charge in [0.25, 0.3) is 0 Å². The Labute approximate surface area is 62.8 Å². The van der Waals surface area contributed by atoms with Crippen LogP contribution in [-0.4, -0.2) is 18.6 Å². The Balaban J connectivity index is 3.55. The lowest BCUT2D eigenvalue weighted by Gasteiger charge is -2.11. The van der Waals surface area contributed by atoms with Crippen molar-refractivity contribution in [3.05, 3.63) is 24.7 Å². The molecule has 0 spiro atoms. The molecule has 0 amide bonds. The summed E-state index contributed by atoms with van der Waals surface area (Å²) < 4.78 is 4.99. The van der Waals surface area contributed by atoms with Gasteiger partial charge in [0.1, 0.15) is 0 Å². The van der Waals surface area contributed by atoms with Gasteiger partial charge in [0.2, 0.25) is 0 Å². The molecule has 0 bridgehead atoms. The zero-order valence-corrected chi connectivity index (χ0v) is 6.92. The maximum Gasteiger partial charge on any atom is 0.0990 e. The summed E-state index contributed by atoms with van der Waals surface area (Å²) in [5.41, 5.74) is 0.996. The number of hydrogen-bond acceptors (Lipinski definition) is 2. The van der Waals surface area contributed by atoms with Gasteiger partial charge in [-0.1, -0.05) is 6.58 Å². The Morgan fingerprint density at radius 2 is 2.30 bits per heavy atom. The number of nitrogens with zero attached hydrogens (tertiary/aromatic N) is 1. The maximum atomic E-state index is 4.99. The van der Waals surface area contributed by atoms with Gasteiger partial charge in [0, 0.05) is 18.9 Å². The third-order valence-electron chi connectivity index (χ3n) is 1.15. The first-order valence-electron chi connectivity index (χ1n) is 3.35. The summed E-state index contributed by atoms with van der Waals surface area (Å²) in [6, 6.07) is 0. The molecule has 10 heavy (non-hydrogen) atoms. The highest BCUT2D eigenvalue weighted by molar-refractivity contribution is 4.92. The third-order valence-corrected chi connectivity index (χ3v) is 1.15. The van der Waals surface area contributed by atoms with Crippen LogP contribution >= 0.6 is 0 Å². The van der Waals surface area contributed by atoms with E-state index in [9.17, 15) is 0 Å². The largest absolute Gasteiger partial charge is 0.500 e. The van der Waals surface area contributed by atoms with Crippen molar-refractivity contribution >= 4 is 0 Å². The molecule has 2 heteroatoms. The van der Waals surface area contributed by atoms with E-state index in [0.717, 1.165) is 5.70 Å². The maximum absolute atomic E-state index is 4.99. The Hall–Kier alpha value is -0.920.